The molecule has 3 aliphatic rings. The number of nitrogens with zero attached hydrogens (tertiary/aromatic N) is 3. The molecule has 0 spiro atoms. The fourth-order valence-corrected chi connectivity index (χ4v) is 6.52. The Labute approximate surface area is 193 Å². The summed E-state index contributed by atoms with van der Waals surface area (Å²) in [5.41, 5.74) is 1.19. The molecule has 32 heavy (non-hydrogen) atoms. The molecule has 3 N–H and O–H groups in total. The van der Waals surface area contributed by atoms with Crippen LogP contribution in [0.15, 0.2) is 5.38 Å². The normalized spacial score (nSPS) is 34.3. The second-order valence-electron chi connectivity index (χ2n) is 8.78. The lowest BCUT2D eigenvalue weighted by Crippen LogP contribution is -2.33. The molecule has 4 heterocycles. The third-order valence-corrected chi connectivity index (χ3v) is 8.05. The van der Waals surface area contributed by atoms with Gasteiger partial charge >= 0.3 is 7.60 Å². The van der Waals surface area contributed by atoms with E-state index in [9.17, 15) is 14.8 Å². The molecule has 0 aromatic carbocycles. The average molecular weight is 506 g/mol. The highest BCUT2D eigenvalue weighted by molar-refractivity contribution is 7.51. The van der Waals surface area contributed by atoms with Crippen molar-refractivity contribution < 1.29 is 34.0 Å². The van der Waals surface area contributed by atoms with Gasteiger partial charge in [0.05, 0.1) is 10.2 Å². The van der Waals surface area contributed by atoms with E-state index in [2.05, 4.69) is 19.5 Å². The van der Waals surface area contributed by atoms with E-state index in [4.69, 9.17) is 26.1 Å². The van der Waals surface area contributed by atoms with Gasteiger partial charge in [0.15, 0.2) is 5.82 Å². The van der Waals surface area contributed by atoms with Crippen molar-refractivity contribution in [3.8, 4) is 0 Å². The first-order chi connectivity index (χ1) is 15.2. The summed E-state index contributed by atoms with van der Waals surface area (Å²) < 4.78 is 22.3. The predicted octanol–water partition coefficient (Wildman–Crippen LogP) is 2.51. The van der Waals surface area contributed by atoms with Crippen LogP contribution in [-0.4, -0.2) is 69.7 Å². The van der Waals surface area contributed by atoms with Crippen molar-refractivity contribution in [2.75, 3.05) is 31.3 Å². The fourth-order valence-electron chi connectivity index (χ4n) is 5.06. The summed E-state index contributed by atoms with van der Waals surface area (Å²) in [5, 5.41) is 23.0. The van der Waals surface area contributed by atoms with Crippen molar-refractivity contribution in [3.63, 3.8) is 0 Å². The van der Waals surface area contributed by atoms with Gasteiger partial charge in [-0.25, -0.2) is 9.87 Å². The SMILES string of the molecule is CP(=O)(O)OOC[C@H]1O[C@@H](c2csc3c(N4CC5CCCC5C4)nc(Cl)nc23)[C@H](O)[C@@H]1O. The highest BCUT2D eigenvalue weighted by atomic mass is 35.5. The van der Waals surface area contributed by atoms with E-state index < -0.39 is 32.0 Å². The van der Waals surface area contributed by atoms with Crippen molar-refractivity contribution in [1.29, 1.82) is 0 Å². The van der Waals surface area contributed by atoms with Crippen LogP contribution in [0.2, 0.25) is 5.28 Å². The minimum absolute atomic E-state index is 0.118. The van der Waals surface area contributed by atoms with Crippen molar-refractivity contribution in [2.24, 2.45) is 11.8 Å². The van der Waals surface area contributed by atoms with E-state index in [1.54, 1.807) is 0 Å². The van der Waals surface area contributed by atoms with Crippen LogP contribution < -0.4 is 4.90 Å². The molecule has 10 nitrogen and oxygen atoms in total. The van der Waals surface area contributed by atoms with Crippen LogP contribution in [-0.2, 0) is 18.9 Å². The lowest BCUT2D eigenvalue weighted by Gasteiger charge is -2.19. The van der Waals surface area contributed by atoms with E-state index in [0.29, 0.717) is 22.9 Å². The van der Waals surface area contributed by atoms with E-state index in [-0.39, 0.29) is 11.9 Å². The Morgan fingerprint density at radius 1 is 1.28 bits per heavy atom. The molecule has 7 atom stereocenters. The highest BCUT2D eigenvalue weighted by Crippen LogP contribution is 2.45. The zero-order valence-electron chi connectivity index (χ0n) is 17.3. The van der Waals surface area contributed by atoms with Gasteiger partial charge in [-0.1, -0.05) is 6.42 Å². The number of hydrogen-bond acceptors (Lipinski definition) is 10. The van der Waals surface area contributed by atoms with Gasteiger partial charge in [0.2, 0.25) is 5.28 Å². The molecule has 3 fully saturated rings. The first kappa shape index (κ1) is 22.9. The largest absolute Gasteiger partial charge is 0.387 e. The number of rotatable bonds is 6. The van der Waals surface area contributed by atoms with Crippen LogP contribution >= 0.6 is 30.5 Å². The summed E-state index contributed by atoms with van der Waals surface area (Å²) in [6.45, 7) is 2.55. The standard InChI is InChI=1S/C19H25ClN3O7PS/c1-31(26,27)30-28-7-12-14(24)15(25)16(29-12)11-8-32-17-13(11)21-19(20)22-18(17)23-5-9-3-2-4-10(9)6-23/h8-10,12,14-16,24-25H,2-7H2,1H3,(H,26,27)/t9?,10?,12-,14-,15-,16+/m1/s1. The van der Waals surface area contributed by atoms with Gasteiger partial charge in [-0.15, -0.1) is 16.0 Å². The molecule has 2 aromatic rings. The molecule has 2 aliphatic heterocycles. The Bertz CT molecular complexity index is 1040. The third-order valence-electron chi connectivity index (χ3n) is 6.52. The van der Waals surface area contributed by atoms with E-state index >= 15 is 0 Å². The van der Waals surface area contributed by atoms with Crippen molar-refractivity contribution >= 4 is 46.6 Å². The number of aromatic nitrogens is 2. The molecular formula is C19H25ClN3O7PS. The molecule has 0 radical (unpaired) electrons. The van der Waals surface area contributed by atoms with E-state index in [0.717, 1.165) is 30.3 Å². The number of halogens is 1. The maximum absolute atomic E-state index is 11.2. The maximum atomic E-state index is 11.2. The van der Waals surface area contributed by atoms with Crippen LogP contribution in [0.1, 0.15) is 30.9 Å². The van der Waals surface area contributed by atoms with E-state index in [1.807, 2.05) is 5.38 Å². The van der Waals surface area contributed by atoms with Crippen LogP contribution in [0.4, 0.5) is 5.82 Å². The second-order valence-corrected chi connectivity index (χ2v) is 11.8. The Kier molecular flexibility index (Phi) is 6.24. The van der Waals surface area contributed by atoms with Crippen LogP contribution in [0.5, 0.6) is 0 Å². The zero-order chi connectivity index (χ0) is 22.6. The van der Waals surface area contributed by atoms with Crippen molar-refractivity contribution in [2.45, 2.75) is 43.7 Å². The molecule has 5 rings (SSSR count). The van der Waals surface area contributed by atoms with E-state index in [1.165, 1.54) is 30.6 Å². The van der Waals surface area contributed by atoms with Gasteiger partial charge in [-0.2, -0.15) is 4.98 Å². The molecule has 1 saturated carbocycles. The predicted molar refractivity (Wildman–Crippen MR) is 118 cm³/mol. The molecule has 2 aromatic heterocycles. The second kappa shape index (κ2) is 8.72. The molecule has 0 bridgehead atoms. The zero-order valence-corrected chi connectivity index (χ0v) is 19.8. The lowest BCUT2D eigenvalue weighted by atomic mass is 10.0. The van der Waals surface area contributed by atoms with Gasteiger partial charge in [-0.3, -0.25) is 4.57 Å². The Morgan fingerprint density at radius 2 is 2.00 bits per heavy atom. The first-order valence-electron chi connectivity index (χ1n) is 10.5. The Morgan fingerprint density at radius 3 is 2.69 bits per heavy atom. The first-order valence-corrected chi connectivity index (χ1v) is 13.8. The van der Waals surface area contributed by atoms with Crippen molar-refractivity contribution in [1.82, 2.24) is 9.97 Å². The number of hydrogen-bond donors (Lipinski definition) is 3. The molecule has 3 unspecified atom stereocenters. The van der Waals surface area contributed by atoms with Gasteiger partial charge < -0.3 is 24.7 Å². The molecule has 1 aliphatic carbocycles. The minimum Gasteiger partial charge on any atom is -0.387 e. The summed E-state index contributed by atoms with van der Waals surface area (Å²) in [7, 11) is -3.84. The fraction of sp³-hybridized carbons (Fsp3) is 0.684. The third kappa shape index (κ3) is 4.31. The minimum atomic E-state index is -3.84. The number of anilines is 1. The molecule has 13 heteroatoms. The monoisotopic (exact) mass is 505 g/mol. The van der Waals surface area contributed by atoms with Gasteiger partial charge in [0.1, 0.15) is 31.0 Å². The average Bonchev–Trinajstić information content (AvgIpc) is 3.46. The number of aliphatic hydroxyl groups excluding tert-OH is 2. The molecule has 2 saturated heterocycles. The van der Waals surface area contributed by atoms with Crippen LogP contribution in [0.3, 0.4) is 0 Å². The number of thiophene rings is 1. The van der Waals surface area contributed by atoms with Gasteiger partial charge in [0, 0.05) is 25.3 Å². The van der Waals surface area contributed by atoms with Crippen LogP contribution in [0.25, 0.3) is 10.2 Å². The van der Waals surface area contributed by atoms with Crippen LogP contribution in [0, 0.1) is 11.8 Å². The Hall–Kier alpha value is -0.880. The molecule has 0 amide bonds. The summed E-state index contributed by atoms with van der Waals surface area (Å²) in [6.07, 6.45) is -0.561. The maximum Gasteiger partial charge on any atom is 0.352 e. The summed E-state index contributed by atoms with van der Waals surface area (Å²) in [4.78, 5) is 25.1. The molecular weight excluding hydrogens is 481 g/mol. The molecule has 176 valence electrons. The number of fused-ring (bicyclic) bond motifs is 2. The number of ether oxygens (including phenoxy) is 1. The topological polar surface area (TPSA) is 134 Å². The van der Waals surface area contributed by atoms with Gasteiger partial charge in [0.25, 0.3) is 0 Å². The quantitative estimate of drug-likeness (QED) is 0.232. The van der Waals surface area contributed by atoms with Crippen molar-refractivity contribution in [3.05, 3.63) is 16.2 Å². The lowest BCUT2D eigenvalue weighted by molar-refractivity contribution is -0.236. The highest BCUT2D eigenvalue weighted by Gasteiger charge is 2.45. The van der Waals surface area contributed by atoms with Gasteiger partial charge in [-0.05, 0) is 41.7 Å². The summed E-state index contributed by atoms with van der Waals surface area (Å²) >= 11 is 7.73. The summed E-state index contributed by atoms with van der Waals surface area (Å²) in [5.74, 6) is 2.18. The number of aliphatic hydroxyl groups is 2. The smallest absolute Gasteiger partial charge is 0.352 e. The summed E-state index contributed by atoms with van der Waals surface area (Å²) in [6, 6.07) is 0. The Balaban J connectivity index is 1.39.